The molecule has 0 saturated carbocycles. The van der Waals surface area contributed by atoms with Crippen molar-refractivity contribution in [3.8, 4) is 0 Å². The minimum Gasteiger partial charge on any atom is -0.387 e. The fourth-order valence-electron chi connectivity index (χ4n) is 2.73. The molecule has 130 valence electrons. The largest absolute Gasteiger partial charge is 0.387 e. The van der Waals surface area contributed by atoms with Gasteiger partial charge in [-0.05, 0) is 30.2 Å². The lowest BCUT2D eigenvalue weighted by atomic mass is 10.0. The van der Waals surface area contributed by atoms with Gasteiger partial charge in [0.1, 0.15) is 0 Å². The van der Waals surface area contributed by atoms with Crippen molar-refractivity contribution in [1.29, 1.82) is 0 Å². The first-order valence-electron chi connectivity index (χ1n) is 8.84. The van der Waals surface area contributed by atoms with Crippen molar-refractivity contribution < 1.29 is 5.11 Å². The van der Waals surface area contributed by atoms with E-state index in [1.54, 1.807) is 0 Å². The van der Waals surface area contributed by atoms with Crippen LogP contribution in [0.1, 0.15) is 50.0 Å². The van der Waals surface area contributed by atoms with Crippen LogP contribution < -0.4 is 5.32 Å². The minimum absolute atomic E-state index is 0.0319. The molecule has 0 radical (unpaired) electrons. The van der Waals surface area contributed by atoms with E-state index in [1.807, 2.05) is 48.2 Å². The molecular formula is C21H29NOS. The van der Waals surface area contributed by atoms with E-state index in [0.717, 1.165) is 17.1 Å². The first kappa shape index (κ1) is 19.0. The highest BCUT2D eigenvalue weighted by atomic mass is 32.2. The number of hydrogen-bond donors (Lipinski definition) is 2. The number of aliphatic hydroxyl groups is 1. The molecule has 2 aromatic carbocycles. The lowest BCUT2D eigenvalue weighted by Crippen LogP contribution is -2.39. The average molecular weight is 344 g/mol. The van der Waals surface area contributed by atoms with E-state index in [0.29, 0.717) is 0 Å². The third-order valence-electron chi connectivity index (χ3n) is 4.23. The van der Waals surface area contributed by atoms with Crippen LogP contribution in [0.4, 0.5) is 0 Å². The number of hydrogen-bond acceptors (Lipinski definition) is 3. The van der Waals surface area contributed by atoms with Crippen LogP contribution in [-0.4, -0.2) is 22.7 Å². The summed E-state index contributed by atoms with van der Waals surface area (Å²) in [5.41, 5.74) is 2.23. The summed E-state index contributed by atoms with van der Waals surface area (Å²) in [5, 5.41) is 14.5. The van der Waals surface area contributed by atoms with Gasteiger partial charge < -0.3 is 10.4 Å². The van der Waals surface area contributed by atoms with Crippen LogP contribution in [0.2, 0.25) is 0 Å². The standard InChI is InChI=1S/C21H29NOS/c1-3-4-15-24-16-20(21(23)19-13-9-6-10-14-19)22-17(2)18-11-7-5-8-12-18/h5-14,17,20-23H,3-4,15-16H2,1-2H3/t17-,20-,21+/m0/s1. The summed E-state index contributed by atoms with van der Waals surface area (Å²) < 4.78 is 0. The van der Waals surface area contributed by atoms with Gasteiger partial charge in [0.05, 0.1) is 6.10 Å². The maximum absolute atomic E-state index is 10.9. The Hall–Kier alpha value is -1.29. The summed E-state index contributed by atoms with van der Waals surface area (Å²) in [6.45, 7) is 4.38. The third kappa shape index (κ3) is 5.97. The van der Waals surface area contributed by atoms with E-state index in [4.69, 9.17) is 0 Å². The summed E-state index contributed by atoms with van der Waals surface area (Å²) in [7, 11) is 0. The molecule has 3 heteroatoms. The van der Waals surface area contributed by atoms with E-state index in [-0.39, 0.29) is 12.1 Å². The molecule has 0 heterocycles. The van der Waals surface area contributed by atoms with E-state index in [1.165, 1.54) is 18.4 Å². The molecule has 0 spiro atoms. The molecule has 0 saturated heterocycles. The van der Waals surface area contributed by atoms with Gasteiger partial charge in [0.2, 0.25) is 0 Å². The number of thioether (sulfide) groups is 1. The molecule has 0 aromatic heterocycles. The molecule has 0 unspecified atom stereocenters. The number of benzene rings is 2. The third-order valence-corrected chi connectivity index (χ3v) is 5.40. The summed E-state index contributed by atoms with van der Waals surface area (Å²) >= 11 is 1.92. The van der Waals surface area contributed by atoms with Crippen LogP contribution in [0, 0.1) is 0 Å². The molecule has 0 amide bonds. The van der Waals surface area contributed by atoms with Gasteiger partial charge in [-0.3, -0.25) is 0 Å². The van der Waals surface area contributed by atoms with Crippen LogP contribution in [0.5, 0.6) is 0 Å². The van der Waals surface area contributed by atoms with Gasteiger partial charge in [0.25, 0.3) is 0 Å². The lowest BCUT2D eigenvalue weighted by molar-refractivity contribution is 0.132. The molecule has 2 rings (SSSR count). The average Bonchev–Trinajstić information content (AvgIpc) is 2.65. The van der Waals surface area contributed by atoms with Crippen LogP contribution >= 0.6 is 11.8 Å². The Labute approximate surface area is 150 Å². The molecule has 0 aliphatic carbocycles. The normalized spacial score (nSPS) is 15.0. The van der Waals surface area contributed by atoms with Gasteiger partial charge in [-0.15, -0.1) is 0 Å². The second-order valence-electron chi connectivity index (χ2n) is 6.19. The molecular weight excluding hydrogens is 314 g/mol. The van der Waals surface area contributed by atoms with Crippen molar-refractivity contribution in [1.82, 2.24) is 5.32 Å². The summed E-state index contributed by atoms with van der Waals surface area (Å²) in [6.07, 6.45) is 1.95. The first-order valence-corrected chi connectivity index (χ1v) is 9.99. The zero-order valence-electron chi connectivity index (χ0n) is 14.7. The lowest BCUT2D eigenvalue weighted by Gasteiger charge is -2.28. The Bertz CT molecular complexity index is 561. The van der Waals surface area contributed by atoms with Gasteiger partial charge in [-0.25, -0.2) is 0 Å². The monoisotopic (exact) mass is 343 g/mol. The van der Waals surface area contributed by atoms with E-state index >= 15 is 0 Å². The van der Waals surface area contributed by atoms with Crippen molar-refractivity contribution in [2.75, 3.05) is 11.5 Å². The molecule has 3 atom stereocenters. The SMILES string of the molecule is CCCCSC[C@H](N[C@@H](C)c1ccccc1)[C@H](O)c1ccccc1. The number of aliphatic hydroxyl groups excluding tert-OH is 1. The van der Waals surface area contributed by atoms with E-state index < -0.39 is 6.10 Å². The van der Waals surface area contributed by atoms with Crippen LogP contribution in [0.3, 0.4) is 0 Å². The van der Waals surface area contributed by atoms with Crippen molar-refractivity contribution in [3.63, 3.8) is 0 Å². The van der Waals surface area contributed by atoms with Crippen LogP contribution in [0.15, 0.2) is 60.7 Å². The fourth-order valence-corrected chi connectivity index (χ4v) is 3.92. The highest BCUT2D eigenvalue weighted by Gasteiger charge is 2.22. The summed E-state index contributed by atoms with van der Waals surface area (Å²) in [4.78, 5) is 0. The second kappa shape index (κ2) is 10.5. The molecule has 2 N–H and O–H groups in total. The quantitative estimate of drug-likeness (QED) is 0.597. The smallest absolute Gasteiger partial charge is 0.0951 e. The van der Waals surface area contributed by atoms with Crippen LogP contribution in [0.25, 0.3) is 0 Å². The van der Waals surface area contributed by atoms with Crippen LogP contribution in [-0.2, 0) is 0 Å². The van der Waals surface area contributed by atoms with Gasteiger partial charge >= 0.3 is 0 Å². The van der Waals surface area contributed by atoms with Gasteiger partial charge in [-0.1, -0.05) is 74.0 Å². The highest BCUT2D eigenvalue weighted by Crippen LogP contribution is 2.23. The molecule has 24 heavy (non-hydrogen) atoms. The maximum Gasteiger partial charge on any atom is 0.0951 e. The van der Waals surface area contributed by atoms with Gasteiger partial charge in [-0.2, -0.15) is 11.8 Å². The first-order chi connectivity index (χ1) is 11.7. The van der Waals surface area contributed by atoms with Crippen molar-refractivity contribution >= 4 is 11.8 Å². The van der Waals surface area contributed by atoms with Gasteiger partial charge in [0.15, 0.2) is 0 Å². The zero-order chi connectivity index (χ0) is 17.2. The minimum atomic E-state index is -0.494. The van der Waals surface area contributed by atoms with E-state index in [9.17, 15) is 5.11 Å². The number of nitrogens with one attached hydrogen (secondary N) is 1. The Kier molecular flexibility index (Phi) is 8.37. The topological polar surface area (TPSA) is 32.3 Å². The maximum atomic E-state index is 10.9. The number of unbranched alkanes of at least 4 members (excludes halogenated alkanes) is 1. The predicted octanol–water partition coefficient (Wildman–Crippen LogP) is 4.97. The molecule has 0 aliphatic rings. The number of rotatable bonds is 10. The Morgan fingerprint density at radius 2 is 1.54 bits per heavy atom. The molecule has 2 aromatic rings. The van der Waals surface area contributed by atoms with Crippen molar-refractivity contribution in [2.24, 2.45) is 0 Å². The molecule has 0 aliphatic heterocycles. The molecule has 0 bridgehead atoms. The summed E-state index contributed by atoms with van der Waals surface area (Å²) in [5.74, 6) is 2.06. The summed E-state index contributed by atoms with van der Waals surface area (Å²) in [6, 6.07) is 20.6. The van der Waals surface area contributed by atoms with Crippen molar-refractivity contribution in [2.45, 2.75) is 44.9 Å². The Balaban J connectivity index is 2.04. The van der Waals surface area contributed by atoms with E-state index in [2.05, 4.69) is 43.4 Å². The second-order valence-corrected chi connectivity index (χ2v) is 7.34. The highest BCUT2D eigenvalue weighted by molar-refractivity contribution is 7.99. The zero-order valence-corrected chi connectivity index (χ0v) is 15.5. The molecule has 0 fully saturated rings. The van der Waals surface area contributed by atoms with Crippen molar-refractivity contribution in [3.05, 3.63) is 71.8 Å². The Morgan fingerprint density at radius 1 is 0.958 bits per heavy atom. The predicted molar refractivity (Wildman–Crippen MR) is 105 cm³/mol. The Morgan fingerprint density at radius 3 is 2.12 bits per heavy atom. The molecule has 2 nitrogen and oxygen atoms in total. The van der Waals surface area contributed by atoms with Gasteiger partial charge in [0, 0.05) is 17.8 Å². The fraction of sp³-hybridized carbons (Fsp3) is 0.429.